The van der Waals surface area contributed by atoms with Crippen molar-refractivity contribution in [2.75, 3.05) is 11.9 Å². The van der Waals surface area contributed by atoms with Gasteiger partial charge in [0.25, 0.3) is 0 Å². The van der Waals surface area contributed by atoms with E-state index >= 15 is 0 Å². The van der Waals surface area contributed by atoms with E-state index in [2.05, 4.69) is 39.8 Å². The lowest BCUT2D eigenvalue weighted by Gasteiger charge is -2.37. The summed E-state index contributed by atoms with van der Waals surface area (Å²) < 4.78 is 27.4. The Hall–Kier alpha value is -2.44. The van der Waals surface area contributed by atoms with Crippen molar-refractivity contribution in [2.45, 2.75) is 23.3 Å². The van der Waals surface area contributed by atoms with Crippen LogP contribution in [0.4, 0.5) is 5.69 Å². The summed E-state index contributed by atoms with van der Waals surface area (Å²) in [5, 5.41) is 3.60. The first-order valence-corrected chi connectivity index (χ1v) is 10.2. The van der Waals surface area contributed by atoms with E-state index in [1.807, 2.05) is 18.3 Å². The predicted octanol–water partition coefficient (Wildman–Crippen LogP) is 3.37. The zero-order chi connectivity index (χ0) is 18.1. The van der Waals surface area contributed by atoms with Crippen LogP contribution in [0.3, 0.4) is 0 Å². The average Bonchev–Trinajstić information content (AvgIpc) is 3.16. The van der Waals surface area contributed by atoms with Gasteiger partial charge in [-0.25, -0.2) is 13.1 Å². The summed E-state index contributed by atoms with van der Waals surface area (Å²) in [4.78, 5) is 4.54. The molecule has 0 fully saturated rings. The molecule has 3 unspecified atom stereocenters. The number of fused-ring (bicyclic) bond motifs is 3. The zero-order valence-electron chi connectivity index (χ0n) is 14.3. The van der Waals surface area contributed by atoms with Gasteiger partial charge in [0.15, 0.2) is 0 Å². The molecule has 134 valence electrons. The minimum atomic E-state index is -3.53. The maximum atomic E-state index is 12.4. The van der Waals surface area contributed by atoms with Gasteiger partial charge < -0.3 is 5.32 Å². The topological polar surface area (TPSA) is 71.1 Å². The van der Waals surface area contributed by atoms with Crippen molar-refractivity contribution in [1.29, 1.82) is 0 Å². The highest BCUT2D eigenvalue weighted by atomic mass is 32.2. The Morgan fingerprint density at radius 3 is 3.00 bits per heavy atom. The van der Waals surface area contributed by atoms with E-state index in [0.29, 0.717) is 10.8 Å². The fraction of sp³-hybridized carbons (Fsp3) is 0.250. The number of nitrogens with one attached hydrogen (secondary N) is 2. The Labute approximate surface area is 153 Å². The number of anilines is 1. The fourth-order valence-electron chi connectivity index (χ4n) is 3.88. The summed E-state index contributed by atoms with van der Waals surface area (Å²) in [6.07, 6.45) is 10.6. The highest BCUT2D eigenvalue weighted by Gasteiger charge is 2.38. The van der Waals surface area contributed by atoms with Crippen molar-refractivity contribution in [3.8, 4) is 0 Å². The summed E-state index contributed by atoms with van der Waals surface area (Å²) in [5.74, 6) is 0.553. The lowest BCUT2D eigenvalue weighted by molar-refractivity contribution is 0.424. The Morgan fingerprint density at radius 1 is 1.35 bits per heavy atom. The van der Waals surface area contributed by atoms with Crippen LogP contribution in [-0.2, 0) is 10.0 Å². The van der Waals surface area contributed by atoms with E-state index in [4.69, 9.17) is 0 Å². The second-order valence-corrected chi connectivity index (χ2v) is 8.42. The number of allylic oxidation sites excluding steroid dienone is 2. The third-order valence-electron chi connectivity index (χ3n) is 5.11. The molecule has 3 atom stereocenters. The molecule has 0 saturated carbocycles. The number of aromatic nitrogens is 1. The Balaban J connectivity index is 1.72. The lowest BCUT2D eigenvalue weighted by atomic mass is 9.77. The van der Waals surface area contributed by atoms with Crippen LogP contribution in [0.15, 0.2) is 72.4 Å². The van der Waals surface area contributed by atoms with Gasteiger partial charge in [-0.1, -0.05) is 24.3 Å². The number of benzene rings is 1. The summed E-state index contributed by atoms with van der Waals surface area (Å²) >= 11 is 0. The van der Waals surface area contributed by atoms with Crippen LogP contribution in [-0.4, -0.2) is 19.9 Å². The highest BCUT2D eigenvalue weighted by molar-refractivity contribution is 7.89. The van der Waals surface area contributed by atoms with Gasteiger partial charge in [-0.2, -0.15) is 0 Å². The normalized spacial score (nSPS) is 23.8. The van der Waals surface area contributed by atoms with Crippen molar-refractivity contribution in [1.82, 2.24) is 9.71 Å². The molecule has 1 aliphatic carbocycles. The molecule has 0 bridgehead atoms. The molecule has 0 amide bonds. The van der Waals surface area contributed by atoms with E-state index in [9.17, 15) is 8.42 Å². The van der Waals surface area contributed by atoms with Crippen LogP contribution in [0.25, 0.3) is 0 Å². The van der Waals surface area contributed by atoms with Crippen molar-refractivity contribution < 1.29 is 8.42 Å². The number of pyridine rings is 1. The monoisotopic (exact) mass is 367 g/mol. The molecule has 4 rings (SSSR count). The summed E-state index contributed by atoms with van der Waals surface area (Å²) in [6, 6.07) is 9.51. The molecule has 1 aromatic carbocycles. The fourth-order valence-corrected chi connectivity index (χ4v) is 4.91. The summed E-state index contributed by atoms with van der Waals surface area (Å²) in [6.45, 7) is 3.77. The van der Waals surface area contributed by atoms with Crippen molar-refractivity contribution in [3.05, 3.63) is 78.7 Å². The first-order chi connectivity index (χ1) is 12.6. The molecule has 0 saturated heterocycles. The van der Waals surface area contributed by atoms with Gasteiger partial charge in [-0.3, -0.25) is 4.98 Å². The lowest BCUT2D eigenvalue weighted by Crippen LogP contribution is -2.30. The molecule has 0 radical (unpaired) electrons. The van der Waals surface area contributed by atoms with E-state index < -0.39 is 10.0 Å². The molecule has 6 heteroatoms. The molecule has 0 spiro atoms. The SMILES string of the molecule is C=CCNS(=O)(=O)c1ccc2c(c1)C1C=CCC1C(c1cccnc1)N2. The number of hydrogen-bond donors (Lipinski definition) is 2. The molecule has 26 heavy (non-hydrogen) atoms. The summed E-state index contributed by atoms with van der Waals surface area (Å²) in [7, 11) is -3.53. The second-order valence-electron chi connectivity index (χ2n) is 6.65. The van der Waals surface area contributed by atoms with Gasteiger partial charge >= 0.3 is 0 Å². The van der Waals surface area contributed by atoms with Gasteiger partial charge in [-0.05, 0) is 47.7 Å². The van der Waals surface area contributed by atoms with Gasteiger partial charge in [0, 0.05) is 30.5 Å². The first kappa shape index (κ1) is 17.0. The molecule has 2 heterocycles. The number of hydrogen-bond acceptors (Lipinski definition) is 4. The van der Waals surface area contributed by atoms with Crippen molar-refractivity contribution in [2.24, 2.45) is 5.92 Å². The van der Waals surface area contributed by atoms with Crippen LogP contribution in [0.1, 0.15) is 29.5 Å². The van der Waals surface area contributed by atoms with Gasteiger partial charge in [0.05, 0.1) is 10.9 Å². The minimum Gasteiger partial charge on any atom is -0.378 e. The van der Waals surface area contributed by atoms with E-state index in [0.717, 1.165) is 23.2 Å². The molecule has 1 aliphatic heterocycles. The summed E-state index contributed by atoms with van der Waals surface area (Å²) in [5.41, 5.74) is 3.17. The quantitative estimate of drug-likeness (QED) is 0.795. The maximum absolute atomic E-state index is 12.4. The molecule has 2 aromatic rings. The average molecular weight is 367 g/mol. The van der Waals surface area contributed by atoms with Crippen molar-refractivity contribution in [3.63, 3.8) is 0 Å². The van der Waals surface area contributed by atoms with Crippen LogP contribution < -0.4 is 10.0 Å². The van der Waals surface area contributed by atoms with Gasteiger partial charge in [-0.15, -0.1) is 6.58 Å². The predicted molar refractivity (Wildman–Crippen MR) is 102 cm³/mol. The standard InChI is InChI=1S/C20H21N3O2S/c1-2-10-22-26(24,25)15-8-9-19-18(12-15)16-6-3-7-17(16)20(23-19)14-5-4-11-21-13-14/h2-6,8-9,11-13,16-17,20,22-23H,1,7,10H2. The minimum absolute atomic E-state index is 0.164. The number of rotatable bonds is 5. The zero-order valence-corrected chi connectivity index (χ0v) is 15.1. The Morgan fingerprint density at radius 2 is 2.23 bits per heavy atom. The van der Waals surface area contributed by atoms with Crippen LogP contribution >= 0.6 is 0 Å². The van der Waals surface area contributed by atoms with Gasteiger partial charge in [0.2, 0.25) is 10.0 Å². The third-order valence-corrected chi connectivity index (χ3v) is 6.53. The van der Waals surface area contributed by atoms with Crippen LogP contribution in [0.5, 0.6) is 0 Å². The van der Waals surface area contributed by atoms with Crippen LogP contribution in [0, 0.1) is 5.92 Å². The number of sulfonamides is 1. The number of nitrogens with zero attached hydrogens (tertiary/aromatic N) is 1. The van der Waals surface area contributed by atoms with Gasteiger partial charge in [0.1, 0.15) is 0 Å². The largest absolute Gasteiger partial charge is 0.378 e. The smallest absolute Gasteiger partial charge is 0.240 e. The Kier molecular flexibility index (Phi) is 4.38. The highest BCUT2D eigenvalue weighted by Crippen LogP contribution is 2.50. The Bertz CT molecular complexity index is 954. The first-order valence-electron chi connectivity index (χ1n) is 8.68. The van der Waals surface area contributed by atoms with Crippen LogP contribution in [0.2, 0.25) is 0 Å². The van der Waals surface area contributed by atoms with Crippen molar-refractivity contribution >= 4 is 15.7 Å². The molecule has 2 aliphatic rings. The molecular formula is C20H21N3O2S. The third kappa shape index (κ3) is 2.95. The molecule has 2 N–H and O–H groups in total. The molecule has 1 aromatic heterocycles. The maximum Gasteiger partial charge on any atom is 0.240 e. The van der Waals surface area contributed by atoms with E-state index in [1.54, 1.807) is 18.3 Å². The molecule has 5 nitrogen and oxygen atoms in total. The molecular weight excluding hydrogens is 346 g/mol. The van der Waals surface area contributed by atoms with E-state index in [-0.39, 0.29) is 18.5 Å². The second kappa shape index (κ2) is 6.70. The van der Waals surface area contributed by atoms with E-state index in [1.165, 1.54) is 6.08 Å².